The third-order valence-corrected chi connectivity index (χ3v) is 6.03. The second kappa shape index (κ2) is 8.43. The van der Waals surface area contributed by atoms with E-state index in [2.05, 4.69) is 51.5 Å². The molecule has 0 atom stereocenters. The van der Waals surface area contributed by atoms with Gasteiger partial charge in [0.1, 0.15) is 5.82 Å². The van der Waals surface area contributed by atoms with E-state index in [9.17, 15) is 4.79 Å². The normalized spacial score (nSPS) is 11.6. The molecule has 0 aliphatic rings. The van der Waals surface area contributed by atoms with Crippen molar-refractivity contribution >= 4 is 39.0 Å². The predicted molar refractivity (Wildman–Crippen MR) is 122 cm³/mol. The number of rotatable bonds is 6. The molecule has 3 heterocycles. The number of pyridine rings is 1. The number of nitrogens with zero attached hydrogens (tertiary/aromatic N) is 4. The largest absolute Gasteiger partial charge is 0.369 e. The average molecular weight is 437 g/mol. The Labute approximate surface area is 184 Å². The van der Waals surface area contributed by atoms with E-state index in [1.165, 1.54) is 11.3 Å². The maximum Gasteiger partial charge on any atom is 0.227 e. The lowest BCUT2D eigenvalue weighted by molar-refractivity contribution is -0.115. The summed E-state index contributed by atoms with van der Waals surface area (Å²) in [6, 6.07) is 7.85. The van der Waals surface area contributed by atoms with Gasteiger partial charge in [0.15, 0.2) is 5.13 Å². The molecule has 0 spiro atoms. The number of benzene rings is 1. The molecule has 8 nitrogen and oxygen atoms in total. The standard InChI is InChI=1S/C22H24N6O2S/c1-13-26-19(28-30-13)15-6-5-14-7-9-23-20(16(14)11-15)24-10-8-18(29)27-21-25-12-17(31-21)22(2,3)4/h5-7,9,11-12H,8,10H2,1-4H3,(H,23,24)(H,25,27,29). The first-order valence-electron chi connectivity index (χ1n) is 9.99. The number of carbonyl (C=O) groups is 1. The summed E-state index contributed by atoms with van der Waals surface area (Å²) in [7, 11) is 0. The van der Waals surface area contributed by atoms with Crippen molar-refractivity contribution in [1.82, 2.24) is 20.1 Å². The van der Waals surface area contributed by atoms with Crippen LogP contribution in [0.2, 0.25) is 0 Å². The van der Waals surface area contributed by atoms with Crippen molar-refractivity contribution in [3.05, 3.63) is 47.4 Å². The summed E-state index contributed by atoms with van der Waals surface area (Å²) in [5.41, 5.74) is 0.859. The van der Waals surface area contributed by atoms with Gasteiger partial charge in [-0.25, -0.2) is 9.97 Å². The first kappa shape index (κ1) is 20.9. The monoisotopic (exact) mass is 436 g/mol. The van der Waals surface area contributed by atoms with Gasteiger partial charge in [-0.3, -0.25) is 4.79 Å². The van der Waals surface area contributed by atoms with Crippen LogP contribution in [0, 0.1) is 6.92 Å². The summed E-state index contributed by atoms with van der Waals surface area (Å²) < 4.78 is 5.08. The SMILES string of the molecule is Cc1nc(-c2ccc3ccnc(NCCC(=O)Nc4ncc(C(C)(C)C)s4)c3c2)no1. The van der Waals surface area contributed by atoms with Gasteiger partial charge in [-0.1, -0.05) is 38.1 Å². The smallest absolute Gasteiger partial charge is 0.227 e. The first-order chi connectivity index (χ1) is 14.8. The van der Waals surface area contributed by atoms with Crippen LogP contribution in [0.15, 0.2) is 41.2 Å². The van der Waals surface area contributed by atoms with E-state index in [1.807, 2.05) is 30.5 Å². The number of amides is 1. The zero-order chi connectivity index (χ0) is 22.0. The summed E-state index contributed by atoms with van der Waals surface area (Å²) in [5.74, 6) is 1.66. The lowest BCUT2D eigenvalue weighted by atomic mass is 9.96. The molecule has 4 rings (SSSR count). The van der Waals surface area contributed by atoms with Gasteiger partial charge in [0, 0.05) is 48.1 Å². The number of nitrogens with one attached hydrogen (secondary N) is 2. The summed E-state index contributed by atoms with van der Waals surface area (Å²) in [6.07, 6.45) is 3.86. The molecule has 1 aromatic carbocycles. The predicted octanol–water partition coefficient (Wildman–Crippen LogP) is 4.79. The maximum atomic E-state index is 12.3. The van der Waals surface area contributed by atoms with Crippen LogP contribution in [0.4, 0.5) is 10.9 Å². The van der Waals surface area contributed by atoms with Crippen LogP contribution in [0.1, 0.15) is 38.0 Å². The van der Waals surface area contributed by atoms with Crippen LogP contribution in [0.25, 0.3) is 22.2 Å². The Morgan fingerprint density at radius 3 is 2.74 bits per heavy atom. The Bertz CT molecular complexity index is 1220. The number of carbonyl (C=O) groups excluding carboxylic acids is 1. The van der Waals surface area contributed by atoms with Gasteiger partial charge < -0.3 is 15.2 Å². The molecule has 0 aliphatic carbocycles. The molecule has 1 amide bonds. The molecule has 0 aliphatic heterocycles. The molecule has 31 heavy (non-hydrogen) atoms. The van der Waals surface area contributed by atoms with Gasteiger partial charge in [-0.15, -0.1) is 11.3 Å². The molecular weight excluding hydrogens is 412 g/mol. The molecule has 0 radical (unpaired) electrons. The van der Waals surface area contributed by atoms with Crippen molar-refractivity contribution in [2.75, 3.05) is 17.2 Å². The minimum Gasteiger partial charge on any atom is -0.369 e. The number of aromatic nitrogens is 4. The number of hydrogen-bond donors (Lipinski definition) is 2. The van der Waals surface area contributed by atoms with E-state index in [0.29, 0.717) is 35.6 Å². The highest BCUT2D eigenvalue weighted by Gasteiger charge is 2.18. The van der Waals surface area contributed by atoms with Gasteiger partial charge >= 0.3 is 0 Å². The maximum absolute atomic E-state index is 12.3. The Morgan fingerprint density at radius 2 is 2.03 bits per heavy atom. The molecule has 4 aromatic rings. The second-order valence-corrected chi connectivity index (χ2v) is 9.27. The van der Waals surface area contributed by atoms with Crippen LogP contribution < -0.4 is 10.6 Å². The van der Waals surface area contributed by atoms with E-state index in [-0.39, 0.29) is 11.3 Å². The van der Waals surface area contributed by atoms with Crippen molar-refractivity contribution in [1.29, 1.82) is 0 Å². The van der Waals surface area contributed by atoms with E-state index >= 15 is 0 Å². The Hall–Kier alpha value is -3.33. The van der Waals surface area contributed by atoms with Gasteiger partial charge in [-0.2, -0.15) is 4.98 Å². The number of aryl methyl sites for hydroxylation is 1. The lowest BCUT2D eigenvalue weighted by Crippen LogP contribution is -2.16. The van der Waals surface area contributed by atoms with E-state index < -0.39 is 0 Å². The van der Waals surface area contributed by atoms with Crippen LogP contribution in [-0.4, -0.2) is 32.6 Å². The Balaban J connectivity index is 1.41. The van der Waals surface area contributed by atoms with Crippen molar-refractivity contribution in [3.63, 3.8) is 0 Å². The average Bonchev–Trinajstić information content (AvgIpc) is 3.37. The molecule has 9 heteroatoms. The van der Waals surface area contributed by atoms with Crippen molar-refractivity contribution in [2.24, 2.45) is 0 Å². The molecule has 0 unspecified atom stereocenters. The molecular formula is C22H24N6O2S. The fraction of sp³-hybridized carbons (Fsp3) is 0.318. The number of thiazole rings is 1. The van der Waals surface area contributed by atoms with Crippen LogP contribution in [-0.2, 0) is 10.2 Å². The Morgan fingerprint density at radius 1 is 1.19 bits per heavy atom. The Kier molecular flexibility index (Phi) is 5.69. The summed E-state index contributed by atoms with van der Waals surface area (Å²) in [4.78, 5) is 26.5. The lowest BCUT2D eigenvalue weighted by Gasteiger charge is -2.14. The number of hydrogen-bond acceptors (Lipinski definition) is 8. The van der Waals surface area contributed by atoms with Gasteiger partial charge in [-0.05, 0) is 22.9 Å². The molecule has 0 saturated heterocycles. The zero-order valence-electron chi connectivity index (χ0n) is 17.9. The fourth-order valence-corrected chi connectivity index (χ4v) is 3.91. The van der Waals surface area contributed by atoms with E-state index in [0.717, 1.165) is 21.2 Å². The molecule has 3 aromatic heterocycles. The van der Waals surface area contributed by atoms with Crippen molar-refractivity contribution in [2.45, 2.75) is 39.5 Å². The minimum absolute atomic E-state index is 0.0152. The van der Waals surface area contributed by atoms with Gasteiger partial charge in [0.2, 0.25) is 17.6 Å². The van der Waals surface area contributed by atoms with Crippen LogP contribution >= 0.6 is 11.3 Å². The third-order valence-electron chi connectivity index (χ3n) is 4.69. The number of anilines is 2. The summed E-state index contributed by atoms with van der Waals surface area (Å²) >= 11 is 1.51. The fourth-order valence-electron chi connectivity index (χ4n) is 3.02. The van der Waals surface area contributed by atoms with Crippen molar-refractivity contribution < 1.29 is 9.32 Å². The van der Waals surface area contributed by atoms with Gasteiger partial charge in [0.25, 0.3) is 0 Å². The minimum atomic E-state index is -0.0921. The van der Waals surface area contributed by atoms with Crippen LogP contribution in [0.5, 0.6) is 0 Å². The van der Waals surface area contributed by atoms with Crippen LogP contribution in [0.3, 0.4) is 0 Å². The third kappa shape index (κ3) is 4.88. The zero-order valence-corrected chi connectivity index (χ0v) is 18.7. The first-order valence-corrected chi connectivity index (χ1v) is 10.8. The summed E-state index contributed by atoms with van der Waals surface area (Å²) in [5, 5.41) is 12.7. The molecule has 160 valence electrons. The molecule has 0 fully saturated rings. The highest BCUT2D eigenvalue weighted by molar-refractivity contribution is 7.15. The number of fused-ring (bicyclic) bond motifs is 1. The topological polar surface area (TPSA) is 106 Å². The summed E-state index contributed by atoms with van der Waals surface area (Å²) in [6.45, 7) is 8.57. The van der Waals surface area contributed by atoms with E-state index in [1.54, 1.807) is 13.1 Å². The second-order valence-electron chi connectivity index (χ2n) is 8.24. The quantitative estimate of drug-likeness (QED) is 0.448. The molecule has 0 bridgehead atoms. The van der Waals surface area contributed by atoms with E-state index in [4.69, 9.17) is 4.52 Å². The highest BCUT2D eigenvalue weighted by atomic mass is 32.1. The highest BCUT2D eigenvalue weighted by Crippen LogP contribution is 2.30. The van der Waals surface area contributed by atoms with Crippen molar-refractivity contribution in [3.8, 4) is 11.4 Å². The molecule has 2 N–H and O–H groups in total. The van der Waals surface area contributed by atoms with Gasteiger partial charge in [0.05, 0.1) is 0 Å². The molecule has 0 saturated carbocycles.